The second kappa shape index (κ2) is 6.61. The molecule has 2 saturated heterocycles. The van der Waals surface area contributed by atoms with E-state index in [1.165, 1.54) is 0 Å². The molecule has 1 aromatic heterocycles. The summed E-state index contributed by atoms with van der Waals surface area (Å²) in [6.07, 6.45) is 3.86. The standard InChI is InChI=1S/C19H26N4O3/c1-12-14-10-15(24)21-16(14)22-18(20-12)19(2)6-3-7-23(11-19)17(25)13-4-8-26-9-5-13/h13H,3-11H2,1-2H3,(H,20,21,22,24)/t19-/m1/s1. The minimum atomic E-state index is -0.286. The van der Waals surface area contributed by atoms with Gasteiger partial charge in [-0.25, -0.2) is 9.97 Å². The lowest BCUT2D eigenvalue weighted by Gasteiger charge is -2.41. The van der Waals surface area contributed by atoms with Gasteiger partial charge in [0, 0.05) is 48.9 Å². The summed E-state index contributed by atoms with van der Waals surface area (Å²) >= 11 is 0. The molecule has 1 aromatic rings. The van der Waals surface area contributed by atoms with Gasteiger partial charge in [0.2, 0.25) is 11.8 Å². The van der Waals surface area contributed by atoms with Gasteiger partial charge in [0.15, 0.2) is 0 Å². The van der Waals surface area contributed by atoms with E-state index in [9.17, 15) is 9.59 Å². The molecule has 0 aromatic carbocycles. The summed E-state index contributed by atoms with van der Waals surface area (Å²) in [5, 5.41) is 2.84. The van der Waals surface area contributed by atoms with Crippen LogP contribution in [0.3, 0.4) is 0 Å². The van der Waals surface area contributed by atoms with Crippen LogP contribution in [0.4, 0.5) is 5.82 Å². The summed E-state index contributed by atoms with van der Waals surface area (Å²) in [5.41, 5.74) is 1.47. The highest BCUT2D eigenvalue weighted by molar-refractivity contribution is 5.98. The third kappa shape index (κ3) is 3.09. The molecule has 26 heavy (non-hydrogen) atoms. The van der Waals surface area contributed by atoms with Gasteiger partial charge in [0.05, 0.1) is 6.42 Å². The molecule has 2 amide bonds. The Morgan fingerprint density at radius 3 is 2.85 bits per heavy atom. The molecule has 7 heteroatoms. The van der Waals surface area contributed by atoms with Gasteiger partial charge in [-0.1, -0.05) is 6.92 Å². The Morgan fingerprint density at radius 1 is 1.31 bits per heavy atom. The summed E-state index contributed by atoms with van der Waals surface area (Å²) in [5.74, 6) is 1.67. The lowest BCUT2D eigenvalue weighted by Crippen LogP contribution is -2.50. The normalized spacial score (nSPS) is 26.5. The minimum Gasteiger partial charge on any atom is -0.381 e. The summed E-state index contributed by atoms with van der Waals surface area (Å²) in [6, 6.07) is 0. The first-order valence-electron chi connectivity index (χ1n) is 9.51. The molecule has 4 rings (SSSR count). The molecule has 4 heterocycles. The molecular formula is C19H26N4O3. The van der Waals surface area contributed by atoms with E-state index in [-0.39, 0.29) is 23.1 Å². The van der Waals surface area contributed by atoms with Crippen LogP contribution in [0.25, 0.3) is 0 Å². The van der Waals surface area contributed by atoms with Crippen molar-refractivity contribution in [3.63, 3.8) is 0 Å². The smallest absolute Gasteiger partial charge is 0.230 e. The Balaban J connectivity index is 1.56. The predicted molar refractivity (Wildman–Crippen MR) is 95.8 cm³/mol. The summed E-state index contributed by atoms with van der Waals surface area (Å²) < 4.78 is 5.39. The number of nitrogens with zero attached hydrogens (tertiary/aromatic N) is 3. The Labute approximate surface area is 153 Å². The molecular weight excluding hydrogens is 332 g/mol. The SMILES string of the molecule is Cc1nc([C@]2(C)CCCN(C(=O)C3CCOCC3)C2)nc2c1CC(=O)N2. The highest BCUT2D eigenvalue weighted by Gasteiger charge is 2.40. The molecule has 3 aliphatic heterocycles. The minimum absolute atomic E-state index is 0.0281. The third-order valence-electron chi connectivity index (χ3n) is 5.93. The summed E-state index contributed by atoms with van der Waals surface area (Å²) in [7, 11) is 0. The fourth-order valence-electron chi connectivity index (χ4n) is 4.33. The highest BCUT2D eigenvalue weighted by atomic mass is 16.5. The molecule has 0 spiro atoms. The first-order valence-corrected chi connectivity index (χ1v) is 9.51. The average Bonchev–Trinajstić information content (AvgIpc) is 3.03. The number of ether oxygens (including phenoxy) is 1. The van der Waals surface area contributed by atoms with Crippen LogP contribution < -0.4 is 5.32 Å². The fourth-order valence-corrected chi connectivity index (χ4v) is 4.33. The molecule has 2 fully saturated rings. The third-order valence-corrected chi connectivity index (χ3v) is 5.93. The molecule has 140 valence electrons. The van der Waals surface area contributed by atoms with Crippen molar-refractivity contribution < 1.29 is 14.3 Å². The number of likely N-dealkylation sites (tertiary alicyclic amines) is 1. The average molecular weight is 358 g/mol. The molecule has 0 saturated carbocycles. The van der Waals surface area contributed by atoms with Gasteiger partial charge in [0.25, 0.3) is 0 Å². The number of hydrogen-bond acceptors (Lipinski definition) is 5. The Hall–Kier alpha value is -2.02. The molecule has 1 N–H and O–H groups in total. The van der Waals surface area contributed by atoms with Crippen molar-refractivity contribution in [2.24, 2.45) is 5.92 Å². The van der Waals surface area contributed by atoms with Crippen molar-refractivity contribution in [3.05, 3.63) is 17.1 Å². The van der Waals surface area contributed by atoms with Gasteiger partial charge in [-0.05, 0) is 32.6 Å². The van der Waals surface area contributed by atoms with Crippen LogP contribution in [0.5, 0.6) is 0 Å². The van der Waals surface area contributed by atoms with Gasteiger partial charge in [-0.15, -0.1) is 0 Å². The van der Waals surface area contributed by atoms with E-state index >= 15 is 0 Å². The largest absolute Gasteiger partial charge is 0.381 e. The monoisotopic (exact) mass is 358 g/mol. The van der Waals surface area contributed by atoms with Crippen molar-refractivity contribution in [1.29, 1.82) is 0 Å². The number of rotatable bonds is 2. The van der Waals surface area contributed by atoms with E-state index < -0.39 is 0 Å². The zero-order valence-corrected chi connectivity index (χ0v) is 15.5. The van der Waals surface area contributed by atoms with Gasteiger partial charge in [0.1, 0.15) is 11.6 Å². The van der Waals surface area contributed by atoms with Crippen LogP contribution >= 0.6 is 0 Å². The molecule has 0 aliphatic carbocycles. The number of anilines is 1. The first-order chi connectivity index (χ1) is 12.5. The van der Waals surface area contributed by atoms with Crippen LogP contribution in [0, 0.1) is 12.8 Å². The lowest BCUT2D eigenvalue weighted by atomic mass is 9.80. The van der Waals surface area contributed by atoms with E-state index in [4.69, 9.17) is 9.72 Å². The molecule has 0 radical (unpaired) electrons. The zero-order valence-electron chi connectivity index (χ0n) is 15.5. The maximum atomic E-state index is 12.9. The van der Waals surface area contributed by atoms with Crippen LogP contribution in [-0.4, -0.2) is 53.0 Å². The summed E-state index contributed by atoms with van der Waals surface area (Å²) in [4.78, 5) is 36.0. The maximum absolute atomic E-state index is 12.9. The number of nitrogens with one attached hydrogen (secondary N) is 1. The molecule has 0 unspecified atom stereocenters. The van der Waals surface area contributed by atoms with E-state index in [2.05, 4.69) is 17.2 Å². The molecule has 3 aliphatic rings. The quantitative estimate of drug-likeness (QED) is 0.868. The summed E-state index contributed by atoms with van der Waals surface area (Å²) in [6.45, 7) is 6.85. The van der Waals surface area contributed by atoms with E-state index in [1.807, 2.05) is 11.8 Å². The highest BCUT2D eigenvalue weighted by Crippen LogP contribution is 2.35. The molecule has 0 bridgehead atoms. The number of carbonyl (C=O) groups is 2. The number of aryl methyl sites for hydroxylation is 1. The van der Waals surface area contributed by atoms with Crippen molar-refractivity contribution >= 4 is 17.6 Å². The number of amides is 2. The van der Waals surface area contributed by atoms with Crippen molar-refractivity contribution in [1.82, 2.24) is 14.9 Å². The van der Waals surface area contributed by atoms with Crippen LogP contribution in [-0.2, 0) is 26.2 Å². The van der Waals surface area contributed by atoms with Gasteiger partial charge >= 0.3 is 0 Å². The van der Waals surface area contributed by atoms with Crippen molar-refractivity contribution in [2.75, 3.05) is 31.6 Å². The number of fused-ring (bicyclic) bond motifs is 1. The topological polar surface area (TPSA) is 84.4 Å². The number of piperidine rings is 1. The van der Waals surface area contributed by atoms with Gasteiger partial charge in [-0.2, -0.15) is 0 Å². The Kier molecular flexibility index (Phi) is 4.42. The Morgan fingerprint density at radius 2 is 2.08 bits per heavy atom. The van der Waals surface area contributed by atoms with Crippen LogP contribution in [0.15, 0.2) is 0 Å². The van der Waals surface area contributed by atoms with E-state index in [1.54, 1.807) is 0 Å². The van der Waals surface area contributed by atoms with Crippen molar-refractivity contribution in [3.8, 4) is 0 Å². The number of carbonyl (C=O) groups excluding carboxylic acids is 2. The predicted octanol–water partition coefficient (Wildman–Crippen LogP) is 1.59. The number of aromatic nitrogens is 2. The fraction of sp³-hybridized carbons (Fsp3) is 0.684. The van der Waals surface area contributed by atoms with E-state index in [0.29, 0.717) is 32.0 Å². The second-order valence-electron chi connectivity index (χ2n) is 8.00. The number of hydrogen-bond donors (Lipinski definition) is 1. The molecule has 7 nitrogen and oxygen atoms in total. The van der Waals surface area contributed by atoms with Crippen LogP contribution in [0.2, 0.25) is 0 Å². The van der Waals surface area contributed by atoms with Crippen molar-refractivity contribution in [2.45, 2.75) is 51.4 Å². The first kappa shape index (κ1) is 17.4. The maximum Gasteiger partial charge on any atom is 0.230 e. The zero-order chi connectivity index (χ0) is 18.3. The van der Waals surface area contributed by atoms with Gasteiger partial charge in [-0.3, -0.25) is 9.59 Å². The lowest BCUT2D eigenvalue weighted by molar-refractivity contribution is -0.140. The van der Waals surface area contributed by atoms with E-state index in [0.717, 1.165) is 49.3 Å². The van der Waals surface area contributed by atoms with Gasteiger partial charge < -0.3 is 15.0 Å². The Bertz CT molecular complexity index is 745. The second-order valence-corrected chi connectivity index (χ2v) is 8.00. The van der Waals surface area contributed by atoms with Crippen LogP contribution in [0.1, 0.15) is 49.7 Å². The molecule has 1 atom stereocenters.